The number of aliphatic hydroxyl groups is 5. The quantitative estimate of drug-likeness (QED) is 0.0261. The number of ether oxygens (including phenoxy) is 2. The third-order valence-electron chi connectivity index (χ3n) is 14.3. The fraction of sp³-hybridized carbons (Fsp3) is 0.696. The normalized spacial score (nSPS) is 19.5. The Kier molecular flexibility index (Phi) is 52.9. The van der Waals surface area contributed by atoms with Crippen LogP contribution in [-0.4, -0.2) is 87.5 Å². The molecule has 0 aromatic rings. The van der Waals surface area contributed by atoms with Gasteiger partial charge in [0, 0.05) is 6.42 Å². The number of hydrogen-bond acceptors (Lipinski definition) is 8. The number of rotatable bonds is 53. The maximum atomic E-state index is 13.1. The molecule has 7 atom stereocenters. The van der Waals surface area contributed by atoms with E-state index in [-0.39, 0.29) is 12.5 Å². The third kappa shape index (κ3) is 45.3. The zero-order valence-corrected chi connectivity index (χ0v) is 49.6. The fourth-order valence-corrected chi connectivity index (χ4v) is 9.33. The summed E-state index contributed by atoms with van der Waals surface area (Å²) in [7, 11) is 0. The maximum Gasteiger partial charge on any atom is 0.220 e. The first-order chi connectivity index (χ1) is 38.3. The second kappa shape index (κ2) is 56.8. The molecule has 1 aliphatic heterocycles. The molecule has 1 saturated heterocycles. The number of carbonyl (C=O) groups excluding carboxylic acids is 1. The molecule has 6 N–H and O–H groups in total. The van der Waals surface area contributed by atoms with E-state index in [1.807, 2.05) is 6.08 Å². The fourth-order valence-electron chi connectivity index (χ4n) is 9.33. The van der Waals surface area contributed by atoms with Gasteiger partial charge >= 0.3 is 0 Å². The van der Waals surface area contributed by atoms with Gasteiger partial charge in [0.05, 0.1) is 25.4 Å². The van der Waals surface area contributed by atoms with Gasteiger partial charge in [-0.3, -0.25) is 4.79 Å². The molecule has 0 spiro atoms. The van der Waals surface area contributed by atoms with Crippen LogP contribution in [0.1, 0.15) is 251 Å². The van der Waals surface area contributed by atoms with Crippen LogP contribution in [0.25, 0.3) is 0 Å². The Morgan fingerprint density at radius 1 is 0.449 bits per heavy atom. The number of hydrogen-bond donors (Lipinski definition) is 6. The van der Waals surface area contributed by atoms with E-state index in [0.717, 1.165) is 109 Å². The lowest BCUT2D eigenvalue weighted by atomic mass is 9.99. The molecular weight excluding hydrogens is 971 g/mol. The van der Waals surface area contributed by atoms with Crippen molar-refractivity contribution in [3.63, 3.8) is 0 Å². The standard InChI is InChI=1S/C69H117NO8/c1-3-5-7-9-11-13-15-17-19-21-23-25-26-27-28-29-30-31-32-33-34-35-36-37-38-39-41-43-45-47-49-51-53-55-57-59-65(73)70-62(61-77-69-68(76)67(75)66(74)64(60-71)78-69)63(72)58-56-54-52-50-48-46-44-42-40-24-22-20-18-16-14-12-10-8-6-4-2/h5,7,11,13,17,19,23,25,27-28,30-31,33-34,36-37,39,41,56,58,62-64,66-69,71-72,74-76H,3-4,6,8-10,12,14-16,18,20-22,24,26,29,32,35,38,40,42-55,57,59-61H2,1-2H3,(H,70,73)/b7-5-,13-11-,19-17-,25-23-,28-27-,31-30-,34-33-,37-36-,41-39-,58-56+. The third-order valence-corrected chi connectivity index (χ3v) is 14.3. The molecule has 1 rings (SSSR count). The van der Waals surface area contributed by atoms with Crippen LogP contribution < -0.4 is 5.32 Å². The van der Waals surface area contributed by atoms with E-state index >= 15 is 0 Å². The Bertz CT molecular complexity index is 1640. The first kappa shape index (κ1) is 72.6. The van der Waals surface area contributed by atoms with Crippen LogP contribution in [0.15, 0.2) is 122 Å². The zero-order valence-electron chi connectivity index (χ0n) is 49.6. The Morgan fingerprint density at radius 2 is 0.795 bits per heavy atom. The molecule has 446 valence electrons. The topological polar surface area (TPSA) is 149 Å². The summed E-state index contributed by atoms with van der Waals surface area (Å²) in [4.78, 5) is 13.1. The lowest BCUT2D eigenvalue weighted by Gasteiger charge is -2.40. The van der Waals surface area contributed by atoms with E-state index in [1.54, 1.807) is 6.08 Å². The van der Waals surface area contributed by atoms with Gasteiger partial charge in [-0.2, -0.15) is 0 Å². The van der Waals surface area contributed by atoms with Crippen LogP contribution >= 0.6 is 0 Å². The van der Waals surface area contributed by atoms with Crippen molar-refractivity contribution in [2.45, 2.75) is 294 Å². The summed E-state index contributed by atoms with van der Waals surface area (Å²) in [5, 5.41) is 54.6. The van der Waals surface area contributed by atoms with Gasteiger partial charge in [-0.15, -0.1) is 0 Å². The van der Waals surface area contributed by atoms with Gasteiger partial charge in [0.2, 0.25) is 5.91 Å². The van der Waals surface area contributed by atoms with Gasteiger partial charge in [-0.05, 0) is 89.9 Å². The van der Waals surface area contributed by atoms with Gasteiger partial charge in [-0.25, -0.2) is 0 Å². The predicted molar refractivity (Wildman–Crippen MR) is 331 cm³/mol. The molecule has 9 heteroatoms. The lowest BCUT2D eigenvalue weighted by molar-refractivity contribution is -0.302. The Labute approximate surface area is 478 Å². The number of carbonyl (C=O) groups is 1. The average Bonchev–Trinajstić information content (AvgIpc) is 3.45. The number of unbranched alkanes of at least 4 members (excludes halogenated alkanes) is 25. The highest BCUT2D eigenvalue weighted by Crippen LogP contribution is 2.23. The predicted octanol–water partition coefficient (Wildman–Crippen LogP) is 16.7. The molecule has 0 radical (unpaired) electrons. The first-order valence-corrected chi connectivity index (χ1v) is 31.8. The van der Waals surface area contributed by atoms with Crippen LogP contribution in [0.4, 0.5) is 0 Å². The minimum absolute atomic E-state index is 0.191. The Morgan fingerprint density at radius 3 is 1.18 bits per heavy atom. The van der Waals surface area contributed by atoms with Crippen molar-refractivity contribution in [1.29, 1.82) is 0 Å². The molecule has 1 heterocycles. The SMILES string of the molecule is CC/C=C\C/C=C\C/C=C\C/C=C\C/C=C\C/C=C\C/C=C\C/C=C\C/C=C\CCCCCCCCCC(=O)NC(COC1OC(CO)C(O)C(O)C1O)C(O)/C=C/CCCCCCCCCCCCCCCCCCCC. The summed E-state index contributed by atoms with van der Waals surface area (Å²) in [6.45, 7) is 3.67. The van der Waals surface area contributed by atoms with Gasteiger partial charge in [0.15, 0.2) is 6.29 Å². The van der Waals surface area contributed by atoms with E-state index < -0.39 is 49.5 Å². The smallest absolute Gasteiger partial charge is 0.220 e. The second-order valence-corrected chi connectivity index (χ2v) is 21.5. The van der Waals surface area contributed by atoms with Crippen LogP contribution in [-0.2, 0) is 14.3 Å². The zero-order chi connectivity index (χ0) is 56.5. The minimum Gasteiger partial charge on any atom is -0.394 e. The number of amides is 1. The van der Waals surface area contributed by atoms with E-state index in [0.29, 0.717) is 6.42 Å². The van der Waals surface area contributed by atoms with Gasteiger partial charge in [0.1, 0.15) is 24.4 Å². The second-order valence-electron chi connectivity index (χ2n) is 21.5. The summed E-state index contributed by atoms with van der Waals surface area (Å²) in [5.74, 6) is -0.191. The van der Waals surface area contributed by atoms with Crippen LogP contribution in [0.5, 0.6) is 0 Å². The maximum absolute atomic E-state index is 13.1. The molecule has 0 saturated carbocycles. The molecule has 1 aliphatic rings. The molecule has 0 aliphatic carbocycles. The summed E-state index contributed by atoms with van der Waals surface area (Å²) in [6.07, 6.45) is 78.3. The first-order valence-electron chi connectivity index (χ1n) is 31.8. The van der Waals surface area contributed by atoms with Crippen molar-refractivity contribution in [1.82, 2.24) is 5.32 Å². The summed E-state index contributed by atoms with van der Waals surface area (Å²) in [5.41, 5.74) is 0. The van der Waals surface area contributed by atoms with Crippen LogP contribution in [0.3, 0.4) is 0 Å². The van der Waals surface area contributed by atoms with Gasteiger partial charge < -0.3 is 40.3 Å². The molecular formula is C69H117NO8. The summed E-state index contributed by atoms with van der Waals surface area (Å²) >= 11 is 0. The number of aliphatic hydroxyl groups excluding tert-OH is 5. The largest absolute Gasteiger partial charge is 0.394 e. The molecule has 7 unspecified atom stereocenters. The molecule has 9 nitrogen and oxygen atoms in total. The number of nitrogens with one attached hydrogen (secondary N) is 1. The van der Waals surface area contributed by atoms with Gasteiger partial charge in [0.25, 0.3) is 0 Å². The molecule has 0 aromatic heterocycles. The van der Waals surface area contributed by atoms with Crippen molar-refractivity contribution >= 4 is 5.91 Å². The Balaban J connectivity index is 2.21. The summed E-state index contributed by atoms with van der Waals surface area (Å²) < 4.78 is 11.3. The van der Waals surface area contributed by atoms with Crippen molar-refractivity contribution in [3.8, 4) is 0 Å². The molecule has 1 amide bonds. The minimum atomic E-state index is -1.58. The van der Waals surface area contributed by atoms with Crippen LogP contribution in [0.2, 0.25) is 0 Å². The highest BCUT2D eigenvalue weighted by Gasteiger charge is 2.44. The highest BCUT2D eigenvalue weighted by molar-refractivity contribution is 5.76. The molecule has 78 heavy (non-hydrogen) atoms. The van der Waals surface area contributed by atoms with Crippen molar-refractivity contribution in [3.05, 3.63) is 122 Å². The molecule has 1 fully saturated rings. The van der Waals surface area contributed by atoms with E-state index in [9.17, 15) is 30.3 Å². The monoisotopic (exact) mass is 1090 g/mol. The van der Waals surface area contributed by atoms with E-state index in [1.165, 1.54) is 122 Å². The average molecular weight is 1090 g/mol. The van der Waals surface area contributed by atoms with Crippen molar-refractivity contribution in [2.24, 2.45) is 0 Å². The van der Waals surface area contributed by atoms with E-state index in [4.69, 9.17) is 9.47 Å². The van der Waals surface area contributed by atoms with Crippen molar-refractivity contribution in [2.75, 3.05) is 13.2 Å². The number of allylic oxidation sites excluding steroid dienone is 19. The highest BCUT2D eigenvalue weighted by atomic mass is 16.7. The van der Waals surface area contributed by atoms with Crippen molar-refractivity contribution < 1.29 is 39.8 Å². The lowest BCUT2D eigenvalue weighted by Crippen LogP contribution is -2.60. The van der Waals surface area contributed by atoms with E-state index in [2.05, 4.69) is 129 Å². The Hall–Kier alpha value is -3.41. The van der Waals surface area contributed by atoms with Crippen LogP contribution in [0, 0.1) is 0 Å². The molecule has 0 aromatic carbocycles. The van der Waals surface area contributed by atoms with Gasteiger partial charge in [-0.1, -0.05) is 277 Å². The summed E-state index contributed by atoms with van der Waals surface area (Å²) in [6, 6.07) is -0.821. The molecule has 0 bridgehead atoms.